The topological polar surface area (TPSA) is 25.4 Å². The molecule has 0 radical (unpaired) electrons. The molecule has 0 N–H and O–H groups in total. The summed E-state index contributed by atoms with van der Waals surface area (Å²) in [4.78, 5) is 6.60. The van der Waals surface area contributed by atoms with Gasteiger partial charge in [-0.3, -0.25) is 9.88 Å². The lowest BCUT2D eigenvalue weighted by Crippen LogP contribution is -2.53. The highest BCUT2D eigenvalue weighted by atomic mass is 16.5. The fourth-order valence-corrected chi connectivity index (χ4v) is 2.54. The van der Waals surface area contributed by atoms with Gasteiger partial charge in [0, 0.05) is 37.6 Å². The number of nitrogens with zero attached hydrogens (tertiary/aromatic N) is 2. The summed E-state index contributed by atoms with van der Waals surface area (Å²) in [6.07, 6.45) is 2.11. The Labute approximate surface area is 120 Å². The first-order valence-corrected chi connectivity index (χ1v) is 7.07. The SMILES string of the molecule is Cc1cc(OC2CN(Cc3ccccc3C)C2)ccn1. The zero-order valence-electron chi connectivity index (χ0n) is 12.0. The Morgan fingerprint density at radius 1 is 1.20 bits per heavy atom. The van der Waals surface area contributed by atoms with Crippen molar-refractivity contribution in [3.8, 4) is 5.75 Å². The third kappa shape index (κ3) is 2.99. The second-order valence-electron chi connectivity index (χ2n) is 5.49. The van der Waals surface area contributed by atoms with E-state index in [1.54, 1.807) is 6.20 Å². The lowest BCUT2D eigenvalue weighted by atomic mass is 10.1. The smallest absolute Gasteiger partial charge is 0.124 e. The second-order valence-corrected chi connectivity index (χ2v) is 5.49. The molecule has 0 saturated carbocycles. The molecule has 2 heterocycles. The summed E-state index contributed by atoms with van der Waals surface area (Å²) in [6, 6.07) is 12.5. The molecule has 1 aromatic carbocycles. The first-order valence-electron chi connectivity index (χ1n) is 7.07. The number of benzene rings is 1. The van der Waals surface area contributed by atoms with Gasteiger partial charge >= 0.3 is 0 Å². The van der Waals surface area contributed by atoms with Gasteiger partial charge in [0.1, 0.15) is 11.9 Å². The van der Waals surface area contributed by atoms with Gasteiger partial charge in [0.25, 0.3) is 0 Å². The molecule has 1 aliphatic heterocycles. The first kappa shape index (κ1) is 13.1. The van der Waals surface area contributed by atoms with E-state index in [1.807, 2.05) is 19.1 Å². The van der Waals surface area contributed by atoms with E-state index in [0.29, 0.717) is 6.10 Å². The molecule has 0 unspecified atom stereocenters. The normalized spacial score (nSPS) is 15.9. The van der Waals surface area contributed by atoms with Crippen molar-refractivity contribution in [1.29, 1.82) is 0 Å². The van der Waals surface area contributed by atoms with Crippen molar-refractivity contribution >= 4 is 0 Å². The van der Waals surface area contributed by atoms with Gasteiger partial charge in [-0.25, -0.2) is 0 Å². The van der Waals surface area contributed by atoms with Crippen molar-refractivity contribution < 1.29 is 4.74 Å². The quantitative estimate of drug-likeness (QED) is 0.852. The fraction of sp³-hybridized carbons (Fsp3) is 0.353. The summed E-state index contributed by atoms with van der Waals surface area (Å²) in [5.74, 6) is 0.929. The van der Waals surface area contributed by atoms with Crippen LogP contribution in [0.1, 0.15) is 16.8 Å². The molecule has 0 bridgehead atoms. The molecule has 104 valence electrons. The molecule has 2 aromatic rings. The van der Waals surface area contributed by atoms with Crippen LogP contribution in [-0.2, 0) is 6.54 Å². The highest BCUT2D eigenvalue weighted by Crippen LogP contribution is 2.20. The monoisotopic (exact) mass is 268 g/mol. The minimum atomic E-state index is 0.306. The number of pyridine rings is 1. The summed E-state index contributed by atoms with van der Waals surface area (Å²) in [5.41, 5.74) is 3.77. The molecule has 1 fully saturated rings. The summed E-state index contributed by atoms with van der Waals surface area (Å²) < 4.78 is 5.95. The maximum Gasteiger partial charge on any atom is 0.124 e. The van der Waals surface area contributed by atoms with E-state index in [0.717, 1.165) is 31.1 Å². The molecule has 1 aliphatic rings. The number of hydrogen-bond donors (Lipinski definition) is 0. The molecule has 1 saturated heterocycles. The number of likely N-dealkylation sites (tertiary alicyclic amines) is 1. The fourth-order valence-electron chi connectivity index (χ4n) is 2.54. The van der Waals surface area contributed by atoms with Crippen LogP contribution in [0.25, 0.3) is 0 Å². The molecule has 1 aromatic heterocycles. The van der Waals surface area contributed by atoms with Crippen molar-refractivity contribution in [2.45, 2.75) is 26.5 Å². The summed E-state index contributed by atoms with van der Waals surface area (Å²) in [7, 11) is 0. The lowest BCUT2D eigenvalue weighted by Gasteiger charge is -2.39. The van der Waals surface area contributed by atoms with Crippen molar-refractivity contribution in [1.82, 2.24) is 9.88 Å². The Kier molecular flexibility index (Phi) is 3.70. The van der Waals surface area contributed by atoms with E-state index in [2.05, 4.69) is 41.1 Å². The molecule has 3 rings (SSSR count). The van der Waals surface area contributed by atoms with Crippen LogP contribution < -0.4 is 4.74 Å². The Morgan fingerprint density at radius 3 is 2.75 bits per heavy atom. The van der Waals surface area contributed by atoms with Crippen LogP contribution in [0.2, 0.25) is 0 Å². The molecule has 0 amide bonds. The van der Waals surface area contributed by atoms with Gasteiger partial charge in [-0.1, -0.05) is 24.3 Å². The predicted molar refractivity (Wildman–Crippen MR) is 79.8 cm³/mol. The van der Waals surface area contributed by atoms with E-state index < -0.39 is 0 Å². The highest BCUT2D eigenvalue weighted by Gasteiger charge is 2.28. The van der Waals surface area contributed by atoms with Gasteiger partial charge in [0.2, 0.25) is 0 Å². The van der Waals surface area contributed by atoms with Crippen LogP contribution in [0.3, 0.4) is 0 Å². The number of hydrogen-bond acceptors (Lipinski definition) is 3. The Morgan fingerprint density at radius 2 is 2.00 bits per heavy atom. The average Bonchev–Trinajstić information content (AvgIpc) is 2.38. The molecule has 0 aliphatic carbocycles. The molecular formula is C17H20N2O. The number of aromatic nitrogens is 1. The molecular weight excluding hydrogens is 248 g/mol. The molecule has 20 heavy (non-hydrogen) atoms. The average molecular weight is 268 g/mol. The maximum atomic E-state index is 5.95. The van der Waals surface area contributed by atoms with Crippen LogP contribution in [0.4, 0.5) is 0 Å². The van der Waals surface area contributed by atoms with Crippen LogP contribution in [0.5, 0.6) is 5.75 Å². The minimum absolute atomic E-state index is 0.306. The Bertz CT molecular complexity index is 591. The van der Waals surface area contributed by atoms with Gasteiger partial charge in [0.15, 0.2) is 0 Å². The summed E-state index contributed by atoms with van der Waals surface area (Å²) in [6.45, 7) is 7.16. The molecule has 0 atom stereocenters. The number of aryl methyl sites for hydroxylation is 2. The Balaban J connectivity index is 1.51. The van der Waals surface area contributed by atoms with Gasteiger partial charge in [-0.15, -0.1) is 0 Å². The van der Waals surface area contributed by atoms with Gasteiger partial charge < -0.3 is 4.74 Å². The predicted octanol–water partition coefficient (Wildman–Crippen LogP) is 2.96. The minimum Gasteiger partial charge on any atom is -0.488 e. The van der Waals surface area contributed by atoms with E-state index in [-0.39, 0.29) is 0 Å². The number of ether oxygens (including phenoxy) is 1. The number of rotatable bonds is 4. The van der Waals surface area contributed by atoms with Crippen LogP contribution in [0.15, 0.2) is 42.6 Å². The lowest BCUT2D eigenvalue weighted by molar-refractivity contribution is 0.0144. The standard InChI is InChI=1S/C17H20N2O/c1-13-5-3-4-6-15(13)10-19-11-17(12-19)20-16-7-8-18-14(2)9-16/h3-9,17H,10-12H2,1-2H3. The van der Waals surface area contributed by atoms with Crippen molar-refractivity contribution in [2.24, 2.45) is 0 Å². The first-order chi connectivity index (χ1) is 9.70. The third-order valence-electron chi connectivity index (χ3n) is 3.75. The maximum absolute atomic E-state index is 5.95. The summed E-state index contributed by atoms with van der Waals surface area (Å²) in [5, 5.41) is 0. The van der Waals surface area contributed by atoms with Crippen LogP contribution in [0, 0.1) is 13.8 Å². The summed E-state index contributed by atoms with van der Waals surface area (Å²) >= 11 is 0. The second kappa shape index (κ2) is 5.63. The van der Waals surface area contributed by atoms with E-state index in [1.165, 1.54) is 11.1 Å². The van der Waals surface area contributed by atoms with Crippen molar-refractivity contribution in [3.63, 3.8) is 0 Å². The van der Waals surface area contributed by atoms with E-state index in [4.69, 9.17) is 4.74 Å². The van der Waals surface area contributed by atoms with Crippen molar-refractivity contribution in [2.75, 3.05) is 13.1 Å². The molecule has 3 nitrogen and oxygen atoms in total. The molecule has 0 spiro atoms. The van der Waals surface area contributed by atoms with Crippen LogP contribution in [-0.4, -0.2) is 29.1 Å². The van der Waals surface area contributed by atoms with Crippen molar-refractivity contribution in [3.05, 3.63) is 59.4 Å². The zero-order valence-corrected chi connectivity index (χ0v) is 12.0. The largest absolute Gasteiger partial charge is 0.488 e. The third-order valence-corrected chi connectivity index (χ3v) is 3.75. The van der Waals surface area contributed by atoms with Crippen LogP contribution >= 0.6 is 0 Å². The van der Waals surface area contributed by atoms with E-state index >= 15 is 0 Å². The highest BCUT2D eigenvalue weighted by molar-refractivity contribution is 5.26. The van der Waals surface area contributed by atoms with Gasteiger partial charge in [-0.05, 0) is 31.0 Å². The Hall–Kier alpha value is -1.87. The zero-order chi connectivity index (χ0) is 13.9. The van der Waals surface area contributed by atoms with Gasteiger partial charge in [0.05, 0.1) is 0 Å². The molecule has 3 heteroatoms. The van der Waals surface area contributed by atoms with E-state index in [9.17, 15) is 0 Å². The van der Waals surface area contributed by atoms with Gasteiger partial charge in [-0.2, -0.15) is 0 Å².